The zero-order chi connectivity index (χ0) is 15.2. The molecule has 1 aliphatic rings. The van der Waals surface area contributed by atoms with Crippen molar-refractivity contribution in [2.45, 2.75) is 39.2 Å². The summed E-state index contributed by atoms with van der Waals surface area (Å²) < 4.78 is 5.42. The van der Waals surface area contributed by atoms with E-state index in [0.717, 1.165) is 37.5 Å². The van der Waals surface area contributed by atoms with E-state index in [1.165, 1.54) is 12.8 Å². The van der Waals surface area contributed by atoms with Crippen LogP contribution in [0.4, 0.5) is 5.69 Å². The van der Waals surface area contributed by atoms with Crippen LogP contribution in [0.15, 0.2) is 18.2 Å². The second-order valence-electron chi connectivity index (χ2n) is 6.06. The minimum Gasteiger partial charge on any atom is -0.492 e. The predicted molar refractivity (Wildman–Crippen MR) is 86.4 cm³/mol. The van der Waals surface area contributed by atoms with Crippen LogP contribution in [0.5, 0.6) is 5.75 Å². The number of hydrogen-bond donors (Lipinski definition) is 2. The summed E-state index contributed by atoms with van der Waals surface area (Å²) in [5.74, 6) is 1.54. The van der Waals surface area contributed by atoms with Gasteiger partial charge in [0, 0.05) is 6.54 Å². The van der Waals surface area contributed by atoms with Gasteiger partial charge in [-0.1, -0.05) is 13.0 Å². The molecule has 0 bridgehead atoms. The van der Waals surface area contributed by atoms with Crippen LogP contribution in [-0.2, 0) is 0 Å². The first kappa shape index (κ1) is 16.1. The summed E-state index contributed by atoms with van der Waals surface area (Å²) in [4.78, 5) is 2.45. The zero-order valence-corrected chi connectivity index (χ0v) is 13.2. The van der Waals surface area contributed by atoms with Crippen LogP contribution < -0.4 is 10.5 Å². The highest BCUT2D eigenvalue weighted by atomic mass is 16.5. The lowest BCUT2D eigenvalue weighted by molar-refractivity contribution is 0.125. The number of anilines is 1. The van der Waals surface area contributed by atoms with E-state index in [0.29, 0.717) is 18.0 Å². The quantitative estimate of drug-likeness (QED) is 0.792. The summed E-state index contributed by atoms with van der Waals surface area (Å²) in [5, 5.41) is 10.3. The predicted octanol–water partition coefficient (Wildman–Crippen LogP) is 2.82. The number of nitrogens with two attached hydrogens (primary N) is 1. The smallest absolute Gasteiger partial charge is 0.142 e. The molecule has 0 saturated carbocycles. The molecule has 1 aliphatic heterocycles. The van der Waals surface area contributed by atoms with Gasteiger partial charge in [0.05, 0.1) is 18.4 Å². The van der Waals surface area contributed by atoms with Crippen molar-refractivity contribution in [1.29, 1.82) is 0 Å². The van der Waals surface area contributed by atoms with Crippen molar-refractivity contribution in [3.8, 4) is 5.75 Å². The largest absolute Gasteiger partial charge is 0.492 e. The second kappa shape index (κ2) is 7.66. The van der Waals surface area contributed by atoms with Crippen LogP contribution in [0, 0.1) is 5.92 Å². The molecule has 1 heterocycles. The lowest BCUT2D eigenvalue weighted by atomic mass is 9.98. The number of hydrogen-bond acceptors (Lipinski definition) is 4. The first-order valence-electron chi connectivity index (χ1n) is 8.02. The standard InChI is InChI=1S/C17H28N2O2/c1-3-21-17-5-4-14(12-15(17)18)16(20)8-11-19-9-6-13(2)7-10-19/h4-5,12-13,16,20H,3,6-11,18H2,1-2H3. The fourth-order valence-electron chi connectivity index (χ4n) is 2.82. The SMILES string of the molecule is CCOc1ccc(C(O)CCN2CCC(C)CC2)cc1N. The molecule has 1 fully saturated rings. The topological polar surface area (TPSA) is 58.7 Å². The Bertz CT molecular complexity index is 442. The van der Waals surface area contributed by atoms with Gasteiger partial charge in [-0.25, -0.2) is 0 Å². The van der Waals surface area contributed by atoms with E-state index in [1.54, 1.807) is 0 Å². The normalized spacial score (nSPS) is 18.6. The van der Waals surface area contributed by atoms with E-state index >= 15 is 0 Å². The first-order valence-corrected chi connectivity index (χ1v) is 8.02. The Morgan fingerprint density at radius 1 is 1.38 bits per heavy atom. The molecule has 4 heteroatoms. The molecule has 0 amide bonds. The van der Waals surface area contributed by atoms with E-state index < -0.39 is 6.10 Å². The summed E-state index contributed by atoms with van der Waals surface area (Å²) in [6.07, 6.45) is 2.84. The first-order chi connectivity index (χ1) is 10.1. The number of piperidine rings is 1. The van der Waals surface area contributed by atoms with E-state index in [2.05, 4.69) is 11.8 Å². The van der Waals surface area contributed by atoms with Crippen LogP contribution in [0.2, 0.25) is 0 Å². The van der Waals surface area contributed by atoms with Crippen molar-refractivity contribution in [2.24, 2.45) is 5.92 Å². The van der Waals surface area contributed by atoms with Gasteiger partial charge in [0.15, 0.2) is 0 Å². The van der Waals surface area contributed by atoms with Crippen molar-refractivity contribution < 1.29 is 9.84 Å². The maximum Gasteiger partial charge on any atom is 0.142 e. The van der Waals surface area contributed by atoms with Crippen molar-refractivity contribution in [2.75, 3.05) is 32.0 Å². The minimum absolute atomic E-state index is 0.456. The molecular weight excluding hydrogens is 264 g/mol. The fraction of sp³-hybridized carbons (Fsp3) is 0.647. The van der Waals surface area contributed by atoms with Crippen molar-refractivity contribution >= 4 is 5.69 Å². The number of nitrogen functional groups attached to an aromatic ring is 1. The molecule has 118 valence electrons. The van der Waals surface area contributed by atoms with Gasteiger partial charge >= 0.3 is 0 Å². The third-order valence-corrected chi connectivity index (χ3v) is 4.31. The molecule has 0 aromatic heterocycles. The average molecular weight is 292 g/mol. The highest BCUT2D eigenvalue weighted by Gasteiger charge is 2.17. The Labute approximate surface area is 127 Å². The van der Waals surface area contributed by atoms with E-state index in [-0.39, 0.29) is 0 Å². The summed E-state index contributed by atoms with van der Waals surface area (Å²) in [7, 11) is 0. The third kappa shape index (κ3) is 4.61. The molecule has 1 saturated heterocycles. The number of benzene rings is 1. The Kier molecular flexibility index (Phi) is 5.88. The number of rotatable bonds is 6. The van der Waals surface area contributed by atoms with Crippen molar-refractivity contribution in [1.82, 2.24) is 4.90 Å². The van der Waals surface area contributed by atoms with Crippen molar-refractivity contribution in [3.63, 3.8) is 0 Å². The molecule has 2 rings (SSSR count). The van der Waals surface area contributed by atoms with Crippen LogP contribution >= 0.6 is 0 Å². The lowest BCUT2D eigenvalue weighted by Gasteiger charge is -2.30. The number of likely N-dealkylation sites (tertiary alicyclic amines) is 1. The van der Waals surface area contributed by atoms with E-state index in [4.69, 9.17) is 10.5 Å². The van der Waals surface area contributed by atoms with Crippen LogP contribution in [-0.4, -0.2) is 36.2 Å². The van der Waals surface area contributed by atoms with Gasteiger partial charge in [-0.15, -0.1) is 0 Å². The van der Waals surface area contributed by atoms with Gasteiger partial charge in [0.1, 0.15) is 5.75 Å². The summed E-state index contributed by atoms with van der Waals surface area (Å²) in [6.45, 7) is 8.09. The highest BCUT2D eigenvalue weighted by Crippen LogP contribution is 2.27. The fourth-order valence-corrected chi connectivity index (χ4v) is 2.82. The summed E-state index contributed by atoms with van der Waals surface area (Å²) in [5.41, 5.74) is 7.43. The third-order valence-electron chi connectivity index (χ3n) is 4.31. The van der Waals surface area contributed by atoms with Gasteiger partial charge in [-0.3, -0.25) is 0 Å². The van der Waals surface area contributed by atoms with Crippen molar-refractivity contribution in [3.05, 3.63) is 23.8 Å². The average Bonchev–Trinajstić information content (AvgIpc) is 2.48. The second-order valence-corrected chi connectivity index (χ2v) is 6.06. The number of aliphatic hydroxyl groups is 1. The van der Waals surface area contributed by atoms with Gasteiger partial charge in [0.25, 0.3) is 0 Å². The van der Waals surface area contributed by atoms with Gasteiger partial charge in [-0.05, 0) is 62.9 Å². The highest BCUT2D eigenvalue weighted by molar-refractivity contribution is 5.54. The molecule has 1 aromatic rings. The van der Waals surface area contributed by atoms with Crippen LogP contribution in [0.25, 0.3) is 0 Å². The molecule has 3 N–H and O–H groups in total. The summed E-state index contributed by atoms with van der Waals surface area (Å²) >= 11 is 0. The van der Waals surface area contributed by atoms with Gasteiger partial charge in [-0.2, -0.15) is 0 Å². The lowest BCUT2D eigenvalue weighted by Crippen LogP contribution is -2.34. The molecule has 0 aliphatic carbocycles. The molecule has 1 atom stereocenters. The number of nitrogens with zero attached hydrogens (tertiary/aromatic N) is 1. The molecule has 0 radical (unpaired) electrons. The Morgan fingerprint density at radius 2 is 2.10 bits per heavy atom. The maximum absolute atomic E-state index is 10.3. The van der Waals surface area contributed by atoms with Gasteiger partial charge < -0.3 is 20.5 Å². The molecule has 4 nitrogen and oxygen atoms in total. The minimum atomic E-state index is -0.456. The Balaban J connectivity index is 1.85. The van der Waals surface area contributed by atoms with Gasteiger partial charge in [0.2, 0.25) is 0 Å². The van der Waals surface area contributed by atoms with E-state index in [9.17, 15) is 5.11 Å². The maximum atomic E-state index is 10.3. The monoisotopic (exact) mass is 292 g/mol. The number of ether oxygens (including phenoxy) is 1. The zero-order valence-electron chi connectivity index (χ0n) is 13.2. The number of aliphatic hydroxyl groups excluding tert-OH is 1. The van der Waals surface area contributed by atoms with Crippen LogP contribution in [0.1, 0.15) is 44.8 Å². The summed E-state index contributed by atoms with van der Waals surface area (Å²) in [6, 6.07) is 5.58. The molecule has 1 aromatic carbocycles. The molecule has 21 heavy (non-hydrogen) atoms. The molecule has 0 spiro atoms. The molecular formula is C17H28N2O2. The van der Waals surface area contributed by atoms with Crippen LogP contribution in [0.3, 0.4) is 0 Å². The molecule has 1 unspecified atom stereocenters. The Morgan fingerprint density at radius 3 is 2.71 bits per heavy atom. The van der Waals surface area contributed by atoms with E-state index in [1.807, 2.05) is 25.1 Å². The Hall–Kier alpha value is -1.26.